The second-order valence-corrected chi connectivity index (χ2v) is 8.30. The van der Waals surface area contributed by atoms with Crippen molar-refractivity contribution < 1.29 is 19.0 Å². The predicted molar refractivity (Wildman–Crippen MR) is 130 cm³/mol. The number of anilines is 1. The summed E-state index contributed by atoms with van der Waals surface area (Å²) in [5.41, 5.74) is 3.70. The molecule has 1 aliphatic rings. The third-order valence-corrected chi connectivity index (χ3v) is 5.82. The molecule has 0 bridgehead atoms. The second kappa shape index (κ2) is 9.09. The Morgan fingerprint density at radius 1 is 1.03 bits per heavy atom. The van der Waals surface area contributed by atoms with E-state index in [-0.39, 0.29) is 12.5 Å². The second-order valence-electron chi connectivity index (χ2n) is 8.30. The van der Waals surface area contributed by atoms with Gasteiger partial charge in [-0.25, -0.2) is 9.67 Å². The lowest BCUT2D eigenvalue weighted by Gasteiger charge is -2.25. The van der Waals surface area contributed by atoms with Crippen molar-refractivity contribution in [3.63, 3.8) is 0 Å². The Morgan fingerprint density at radius 2 is 1.77 bits per heavy atom. The van der Waals surface area contributed by atoms with Crippen LogP contribution in [-0.2, 0) is 4.79 Å². The number of carbonyl (C=O) groups is 1. The van der Waals surface area contributed by atoms with Crippen molar-refractivity contribution >= 4 is 11.6 Å². The highest BCUT2D eigenvalue weighted by molar-refractivity contribution is 5.94. The highest BCUT2D eigenvalue weighted by atomic mass is 16.6. The Kier molecular flexibility index (Phi) is 5.82. The smallest absolute Gasteiger partial charge is 0.269 e. The number of rotatable bonds is 5. The molecule has 3 heterocycles. The van der Waals surface area contributed by atoms with Gasteiger partial charge in [-0.2, -0.15) is 10.1 Å². The molecule has 0 aliphatic carbocycles. The van der Waals surface area contributed by atoms with Gasteiger partial charge in [0.2, 0.25) is 12.0 Å². The van der Waals surface area contributed by atoms with Gasteiger partial charge in [0.25, 0.3) is 5.91 Å². The van der Waals surface area contributed by atoms with Crippen LogP contribution < -0.4 is 19.5 Å². The zero-order valence-electron chi connectivity index (χ0n) is 19.9. The number of ether oxygens (including phenoxy) is 3. The van der Waals surface area contributed by atoms with Crippen molar-refractivity contribution in [2.45, 2.75) is 33.8 Å². The van der Waals surface area contributed by atoms with Crippen LogP contribution in [0.5, 0.6) is 23.1 Å². The molecule has 0 radical (unpaired) electrons. The fourth-order valence-corrected chi connectivity index (χ4v) is 3.73. The van der Waals surface area contributed by atoms with E-state index in [2.05, 4.69) is 20.4 Å². The first-order valence-corrected chi connectivity index (χ1v) is 11.2. The summed E-state index contributed by atoms with van der Waals surface area (Å²) in [5.74, 6) is 3.09. The normalized spacial score (nSPS) is 14.5. The molecule has 1 N–H and O–H groups in total. The summed E-state index contributed by atoms with van der Waals surface area (Å²) in [5, 5.41) is 7.42. The number of hydrogen-bond donors (Lipinski definition) is 1. The van der Waals surface area contributed by atoms with E-state index in [4.69, 9.17) is 14.2 Å². The molecule has 0 saturated carbocycles. The van der Waals surface area contributed by atoms with Crippen molar-refractivity contribution in [3.8, 4) is 28.9 Å². The van der Waals surface area contributed by atoms with Crippen molar-refractivity contribution in [2.75, 3.05) is 11.9 Å². The van der Waals surface area contributed by atoms with Crippen LogP contribution >= 0.6 is 0 Å². The van der Waals surface area contributed by atoms with Gasteiger partial charge in [-0.05, 0) is 69.7 Å². The summed E-state index contributed by atoms with van der Waals surface area (Å²) in [4.78, 5) is 21.5. The van der Waals surface area contributed by atoms with Crippen LogP contribution in [0.1, 0.15) is 22.8 Å². The average molecular weight is 472 g/mol. The highest BCUT2D eigenvalue weighted by Crippen LogP contribution is 2.31. The van der Waals surface area contributed by atoms with Crippen molar-refractivity contribution in [1.82, 2.24) is 19.7 Å². The molecule has 0 fully saturated rings. The largest absolute Gasteiger partial charge is 0.485 e. The molecule has 9 nitrogen and oxygen atoms in total. The molecule has 2 aromatic heterocycles. The van der Waals surface area contributed by atoms with Crippen LogP contribution in [0.15, 0.2) is 54.6 Å². The number of amides is 1. The van der Waals surface area contributed by atoms with Gasteiger partial charge in [-0.3, -0.25) is 4.79 Å². The summed E-state index contributed by atoms with van der Waals surface area (Å²) < 4.78 is 19.1. The van der Waals surface area contributed by atoms with E-state index in [1.165, 1.54) is 0 Å². The Hall–Kier alpha value is -4.40. The van der Waals surface area contributed by atoms with E-state index in [1.807, 2.05) is 45.9 Å². The first-order chi connectivity index (χ1) is 16.9. The molecule has 0 saturated heterocycles. The van der Waals surface area contributed by atoms with E-state index in [9.17, 15) is 4.79 Å². The Bertz CT molecular complexity index is 1400. The number of carbonyl (C=O) groups excluding carboxylic acids is 1. The monoisotopic (exact) mass is 471 g/mol. The molecule has 9 heteroatoms. The topological polar surface area (TPSA) is 100 Å². The van der Waals surface area contributed by atoms with E-state index in [0.29, 0.717) is 40.5 Å². The summed E-state index contributed by atoms with van der Waals surface area (Å²) in [7, 11) is 0. The fraction of sp³-hybridized carbons (Fsp3) is 0.231. The van der Waals surface area contributed by atoms with Gasteiger partial charge >= 0.3 is 0 Å². The zero-order chi connectivity index (χ0) is 24.5. The van der Waals surface area contributed by atoms with Gasteiger partial charge in [0.15, 0.2) is 17.3 Å². The highest BCUT2D eigenvalue weighted by Gasteiger charge is 2.27. The van der Waals surface area contributed by atoms with E-state index < -0.39 is 6.10 Å². The first kappa shape index (κ1) is 22.4. The molecule has 1 aliphatic heterocycles. The minimum absolute atomic E-state index is 0.147. The number of hydrogen-bond acceptors (Lipinski definition) is 7. The van der Waals surface area contributed by atoms with E-state index in [1.54, 1.807) is 41.1 Å². The van der Waals surface area contributed by atoms with Gasteiger partial charge in [0.05, 0.1) is 5.69 Å². The maximum absolute atomic E-state index is 12.6. The van der Waals surface area contributed by atoms with Gasteiger partial charge in [0.1, 0.15) is 18.2 Å². The minimum Gasteiger partial charge on any atom is -0.485 e. The fourth-order valence-electron chi connectivity index (χ4n) is 3.73. The molecule has 1 atom stereocenters. The van der Waals surface area contributed by atoms with Crippen molar-refractivity contribution in [2.24, 2.45) is 0 Å². The van der Waals surface area contributed by atoms with E-state index >= 15 is 0 Å². The Labute approximate surface area is 202 Å². The maximum atomic E-state index is 12.6. The zero-order valence-corrected chi connectivity index (χ0v) is 19.9. The number of fused-ring (bicyclic) bond motifs is 1. The molecule has 2 aromatic carbocycles. The van der Waals surface area contributed by atoms with Gasteiger partial charge in [-0.15, -0.1) is 0 Å². The van der Waals surface area contributed by atoms with Crippen LogP contribution in [0.3, 0.4) is 0 Å². The summed E-state index contributed by atoms with van der Waals surface area (Å²) >= 11 is 0. The molecule has 1 amide bonds. The predicted octanol–water partition coefficient (Wildman–Crippen LogP) is 4.47. The summed E-state index contributed by atoms with van der Waals surface area (Å²) in [6.45, 7) is 7.96. The number of para-hydroxylation sites is 2. The number of nitrogens with one attached hydrogen (secondary N) is 1. The molecule has 1 unspecified atom stereocenters. The SMILES string of the molecule is Cc1nc(Oc2ccc(NC(=O)C3COc4ccccc4O3)cc2)cc(-n2nc(C)c(C)c2C)n1. The van der Waals surface area contributed by atoms with E-state index in [0.717, 1.165) is 17.0 Å². The van der Waals surface area contributed by atoms with Gasteiger partial charge < -0.3 is 19.5 Å². The molecule has 4 aromatic rings. The molecule has 178 valence electrons. The number of nitrogens with zero attached hydrogens (tertiary/aromatic N) is 4. The molecule has 35 heavy (non-hydrogen) atoms. The summed E-state index contributed by atoms with van der Waals surface area (Å²) in [6, 6.07) is 16.0. The van der Waals surface area contributed by atoms with Gasteiger partial charge in [-0.1, -0.05) is 12.1 Å². The van der Waals surface area contributed by atoms with Crippen LogP contribution in [0.25, 0.3) is 5.82 Å². The number of aryl methyl sites for hydroxylation is 2. The van der Waals surface area contributed by atoms with Crippen LogP contribution in [0.2, 0.25) is 0 Å². The van der Waals surface area contributed by atoms with Crippen molar-refractivity contribution in [3.05, 3.63) is 77.4 Å². The molecule has 5 rings (SSSR count). The first-order valence-electron chi connectivity index (χ1n) is 11.2. The lowest BCUT2D eigenvalue weighted by Crippen LogP contribution is -2.40. The lowest BCUT2D eigenvalue weighted by atomic mass is 10.2. The maximum Gasteiger partial charge on any atom is 0.269 e. The van der Waals surface area contributed by atoms with Crippen LogP contribution in [0, 0.1) is 27.7 Å². The van der Waals surface area contributed by atoms with Gasteiger partial charge in [0, 0.05) is 17.4 Å². The number of benzene rings is 2. The third-order valence-electron chi connectivity index (χ3n) is 5.82. The molecular formula is C26H25N5O4. The Balaban J connectivity index is 1.26. The minimum atomic E-state index is -0.735. The van der Waals surface area contributed by atoms with Crippen LogP contribution in [-0.4, -0.2) is 38.4 Å². The molecular weight excluding hydrogens is 446 g/mol. The quantitative estimate of drug-likeness (QED) is 0.458. The summed E-state index contributed by atoms with van der Waals surface area (Å²) in [6.07, 6.45) is -0.735. The standard InChI is InChI=1S/C26H25N5O4/c1-15-16(2)30-31(17(15)3)24-13-25(28-18(4)27-24)34-20-11-9-19(10-12-20)29-26(32)23-14-33-21-7-5-6-8-22(21)35-23/h5-13,23H,14H2,1-4H3,(H,29,32). The molecule has 0 spiro atoms. The van der Waals surface area contributed by atoms with Crippen LogP contribution in [0.4, 0.5) is 5.69 Å². The Morgan fingerprint density at radius 3 is 2.49 bits per heavy atom. The van der Waals surface area contributed by atoms with Crippen molar-refractivity contribution in [1.29, 1.82) is 0 Å². The third kappa shape index (κ3) is 4.65. The average Bonchev–Trinajstić information content (AvgIpc) is 3.12. The number of aromatic nitrogens is 4. The lowest BCUT2D eigenvalue weighted by molar-refractivity contribution is -0.125.